The number of benzene rings is 2. The summed E-state index contributed by atoms with van der Waals surface area (Å²) >= 11 is 6.22. The summed E-state index contributed by atoms with van der Waals surface area (Å²) in [6.07, 6.45) is 2.65. The summed E-state index contributed by atoms with van der Waals surface area (Å²) in [5, 5.41) is 7.93. The molecule has 0 fully saturated rings. The third-order valence-electron chi connectivity index (χ3n) is 4.94. The van der Waals surface area contributed by atoms with Crippen LogP contribution in [0.3, 0.4) is 0 Å². The smallest absolute Gasteiger partial charge is 0.255 e. The van der Waals surface area contributed by atoms with Gasteiger partial charge in [0.1, 0.15) is 18.2 Å². The summed E-state index contributed by atoms with van der Waals surface area (Å²) in [4.78, 5) is 16.3. The quantitative estimate of drug-likeness (QED) is 0.420. The van der Waals surface area contributed by atoms with Gasteiger partial charge in [0.05, 0.1) is 28.3 Å². The maximum absolute atomic E-state index is 13.6. The Balaban J connectivity index is 1.38. The molecule has 2 aromatic heterocycles. The topological polar surface area (TPSA) is 69.0 Å². The van der Waals surface area contributed by atoms with Crippen molar-refractivity contribution in [2.45, 2.75) is 20.5 Å². The van der Waals surface area contributed by atoms with Crippen LogP contribution in [0.15, 0.2) is 67.0 Å². The number of hydrogen-bond acceptors (Lipinski definition) is 4. The van der Waals surface area contributed by atoms with Crippen LogP contribution in [-0.2, 0) is 6.61 Å². The number of anilines is 1. The van der Waals surface area contributed by atoms with Gasteiger partial charge in [0.15, 0.2) is 0 Å². The van der Waals surface area contributed by atoms with Gasteiger partial charge in [0, 0.05) is 23.0 Å². The van der Waals surface area contributed by atoms with Crippen molar-refractivity contribution >= 4 is 23.2 Å². The summed E-state index contributed by atoms with van der Waals surface area (Å²) in [6, 6.07) is 15.5. The van der Waals surface area contributed by atoms with Gasteiger partial charge >= 0.3 is 0 Å². The van der Waals surface area contributed by atoms with Gasteiger partial charge in [0.25, 0.3) is 5.91 Å². The highest BCUT2D eigenvalue weighted by Gasteiger charge is 2.11. The third kappa shape index (κ3) is 4.63. The number of nitrogens with one attached hydrogen (secondary N) is 1. The van der Waals surface area contributed by atoms with E-state index in [9.17, 15) is 9.18 Å². The maximum Gasteiger partial charge on any atom is 0.255 e. The van der Waals surface area contributed by atoms with E-state index in [-0.39, 0.29) is 12.5 Å². The first-order valence-corrected chi connectivity index (χ1v) is 10.2. The number of carbonyl (C=O) groups excluding carboxylic acids is 1. The summed E-state index contributed by atoms with van der Waals surface area (Å²) in [5.41, 5.74) is 4.01. The number of hydrogen-bond donors (Lipinski definition) is 1. The maximum atomic E-state index is 13.6. The normalized spacial score (nSPS) is 10.8. The first-order chi connectivity index (χ1) is 15.4. The Bertz CT molecular complexity index is 1250. The number of pyridine rings is 1. The van der Waals surface area contributed by atoms with Crippen LogP contribution in [0.4, 0.5) is 10.1 Å². The molecule has 0 aliphatic rings. The largest absolute Gasteiger partial charge is 0.489 e. The van der Waals surface area contributed by atoms with Crippen LogP contribution < -0.4 is 10.1 Å². The molecule has 0 saturated heterocycles. The van der Waals surface area contributed by atoms with Crippen LogP contribution in [0.2, 0.25) is 5.02 Å². The molecule has 0 saturated carbocycles. The second kappa shape index (κ2) is 9.20. The van der Waals surface area contributed by atoms with Crippen molar-refractivity contribution < 1.29 is 13.9 Å². The number of carbonyl (C=O) groups is 1. The van der Waals surface area contributed by atoms with Crippen LogP contribution in [0.25, 0.3) is 5.69 Å². The molecule has 4 rings (SSSR count). The predicted octanol–water partition coefficient (Wildman–Crippen LogP) is 5.51. The Morgan fingerprint density at radius 3 is 2.44 bits per heavy atom. The number of halogens is 2. The Kier molecular flexibility index (Phi) is 6.18. The zero-order chi connectivity index (χ0) is 22.7. The fraction of sp³-hybridized carbons (Fsp3) is 0.125. The molecule has 0 aliphatic carbocycles. The highest BCUT2D eigenvalue weighted by Crippen LogP contribution is 2.23. The van der Waals surface area contributed by atoms with Crippen LogP contribution >= 0.6 is 11.6 Å². The number of ether oxygens (including phenoxy) is 1. The number of amides is 1. The number of rotatable bonds is 6. The molecule has 32 heavy (non-hydrogen) atoms. The summed E-state index contributed by atoms with van der Waals surface area (Å²) in [6.45, 7) is 3.83. The molecule has 6 nitrogen and oxygen atoms in total. The monoisotopic (exact) mass is 450 g/mol. The van der Waals surface area contributed by atoms with Gasteiger partial charge in [-0.1, -0.05) is 11.6 Å². The standard InChI is InChI=1S/C24H20ClFN4O2/c1-15-23(25)16(2)30(29-15)20-7-5-19(6-8-20)28-24(31)17-3-9-21(10-4-17)32-14-18-11-12-27-13-22(18)26/h3-13H,14H2,1-2H3,(H,28,31). The van der Waals surface area contributed by atoms with Crippen molar-refractivity contribution in [1.82, 2.24) is 14.8 Å². The van der Waals surface area contributed by atoms with E-state index >= 15 is 0 Å². The first kappa shape index (κ1) is 21.5. The van der Waals surface area contributed by atoms with Crippen LogP contribution in [0.1, 0.15) is 27.3 Å². The van der Waals surface area contributed by atoms with Gasteiger partial charge < -0.3 is 10.1 Å². The second-order valence-electron chi connectivity index (χ2n) is 7.18. The van der Waals surface area contributed by atoms with E-state index in [1.807, 2.05) is 26.0 Å². The predicted molar refractivity (Wildman–Crippen MR) is 121 cm³/mol. The zero-order valence-corrected chi connectivity index (χ0v) is 18.2. The number of nitrogens with zero attached hydrogens (tertiary/aromatic N) is 3. The Labute approximate surface area is 189 Å². The molecule has 0 radical (unpaired) electrons. The highest BCUT2D eigenvalue weighted by atomic mass is 35.5. The van der Waals surface area contributed by atoms with Crippen LogP contribution in [0, 0.1) is 19.7 Å². The molecule has 0 spiro atoms. The van der Waals surface area contributed by atoms with Crippen LogP contribution in [-0.4, -0.2) is 20.7 Å². The zero-order valence-electron chi connectivity index (χ0n) is 17.5. The van der Waals surface area contributed by atoms with Gasteiger partial charge in [-0.05, 0) is 68.4 Å². The molecule has 2 heterocycles. The van der Waals surface area contributed by atoms with E-state index in [2.05, 4.69) is 15.4 Å². The molecular formula is C24H20ClFN4O2. The molecule has 0 bridgehead atoms. The summed E-state index contributed by atoms with van der Waals surface area (Å²) in [7, 11) is 0. The van der Waals surface area contributed by atoms with E-state index in [4.69, 9.17) is 16.3 Å². The van der Waals surface area contributed by atoms with Gasteiger partial charge in [-0.3, -0.25) is 9.78 Å². The fourth-order valence-electron chi connectivity index (χ4n) is 3.15. The number of aromatic nitrogens is 3. The minimum Gasteiger partial charge on any atom is -0.489 e. The lowest BCUT2D eigenvalue weighted by atomic mass is 10.2. The number of aryl methyl sites for hydroxylation is 1. The molecule has 0 atom stereocenters. The molecule has 4 aromatic rings. The Morgan fingerprint density at radius 2 is 1.81 bits per heavy atom. The van der Waals surface area contributed by atoms with Crippen molar-refractivity contribution in [1.29, 1.82) is 0 Å². The van der Waals surface area contributed by atoms with E-state index in [1.165, 1.54) is 6.20 Å². The summed E-state index contributed by atoms with van der Waals surface area (Å²) < 4.78 is 21.0. The molecule has 0 unspecified atom stereocenters. The van der Waals surface area contributed by atoms with E-state index in [1.54, 1.807) is 47.1 Å². The minimum absolute atomic E-state index is 0.0761. The Morgan fingerprint density at radius 1 is 1.09 bits per heavy atom. The molecule has 1 N–H and O–H groups in total. The van der Waals surface area contributed by atoms with Crippen LogP contribution in [0.5, 0.6) is 5.75 Å². The molecule has 162 valence electrons. The lowest BCUT2D eigenvalue weighted by molar-refractivity contribution is 0.102. The summed E-state index contributed by atoms with van der Waals surface area (Å²) in [5.74, 6) is -0.139. The van der Waals surface area contributed by atoms with E-state index in [0.717, 1.165) is 23.3 Å². The van der Waals surface area contributed by atoms with Crippen molar-refractivity contribution in [3.05, 3.63) is 100 Å². The molecule has 8 heteroatoms. The van der Waals surface area contributed by atoms with Gasteiger partial charge in [-0.25, -0.2) is 9.07 Å². The van der Waals surface area contributed by atoms with Gasteiger partial charge in [0.2, 0.25) is 0 Å². The van der Waals surface area contributed by atoms with Gasteiger partial charge in [-0.15, -0.1) is 0 Å². The average Bonchev–Trinajstić information content (AvgIpc) is 3.06. The van der Waals surface area contributed by atoms with Crippen molar-refractivity contribution in [3.63, 3.8) is 0 Å². The Hall–Kier alpha value is -3.71. The van der Waals surface area contributed by atoms with Crippen molar-refractivity contribution in [2.24, 2.45) is 0 Å². The fourth-order valence-corrected chi connectivity index (χ4v) is 3.27. The van der Waals surface area contributed by atoms with Gasteiger partial charge in [-0.2, -0.15) is 5.10 Å². The van der Waals surface area contributed by atoms with Crippen molar-refractivity contribution in [3.8, 4) is 11.4 Å². The minimum atomic E-state index is -0.421. The van der Waals surface area contributed by atoms with E-state index < -0.39 is 5.82 Å². The highest BCUT2D eigenvalue weighted by molar-refractivity contribution is 6.31. The van der Waals surface area contributed by atoms with E-state index in [0.29, 0.717) is 27.6 Å². The lowest BCUT2D eigenvalue weighted by Gasteiger charge is -2.09. The first-order valence-electron chi connectivity index (χ1n) is 9.87. The molecular weight excluding hydrogens is 431 g/mol. The molecule has 0 aliphatic heterocycles. The average molecular weight is 451 g/mol. The molecule has 1 amide bonds. The van der Waals surface area contributed by atoms with Crippen molar-refractivity contribution in [2.75, 3.05) is 5.32 Å². The SMILES string of the molecule is Cc1nn(-c2ccc(NC(=O)c3ccc(OCc4ccncc4F)cc3)cc2)c(C)c1Cl. The lowest BCUT2D eigenvalue weighted by Crippen LogP contribution is -2.12. The second-order valence-corrected chi connectivity index (χ2v) is 7.56. The third-order valence-corrected chi connectivity index (χ3v) is 5.49. The molecule has 2 aromatic carbocycles.